The van der Waals surface area contributed by atoms with Crippen molar-refractivity contribution in [3.63, 3.8) is 0 Å². The first-order chi connectivity index (χ1) is 8.19. The summed E-state index contributed by atoms with van der Waals surface area (Å²) in [6.45, 7) is 14.5. The van der Waals surface area contributed by atoms with Crippen molar-refractivity contribution < 1.29 is 27.6 Å². The van der Waals surface area contributed by atoms with Crippen LogP contribution < -0.4 is 5.11 Å². The molecule has 0 aliphatic heterocycles. The van der Waals surface area contributed by atoms with Crippen molar-refractivity contribution >= 4 is 5.97 Å². The van der Waals surface area contributed by atoms with Crippen molar-refractivity contribution in [2.45, 2.75) is 46.7 Å². The molecule has 0 aliphatic rings. The van der Waals surface area contributed by atoms with Gasteiger partial charge in [-0.1, -0.05) is 13.3 Å². The number of rotatable bonds is 6. The lowest BCUT2D eigenvalue weighted by Gasteiger charge is -2.35. The van der Waals surface area contributed by atoms with Crippen LogP contribution in [0.4, 0.5) is 13.2 Å². The van der Waals surface area contributed by atoms with E-state index < -0.39 is 12.1 Å². The molecule has 0 rings (SSSR count). The molecule has 0 fully saturated rings. The fourth-order valence-corrected chi connectivity index (χ4v) is 1.64. The van der Waals surface area contributed by atoms with Gasteiger partial charge in [-0.05, 0) is 27.2 Å². The lowest BCUT2D eigenvalue weighted by Crippen LogP contribution is -2.48. The van der Waals surface area contributed by atoms with Gasteiger partial charge in [0.1, 0.15) is 5.97 Å². The molecule has 0 N–H and O–H groups in total. The Morgan fingerprint density at radius 3 is 1.56 bits per heavy atom. The van der Waals surface area contributed by atoms with Gasteiger partial charge in [-0.25, -0.2) is 0 Å². The average Bonchev–Trinajstić information content (AvgIpc) is 2.31. The molecule has 0 saturated heterocycles. The normalized spacial score (nSPS) is 11.7. The van der Waals surface area contributed by atoms with E-state index in [2.05, 4.69) is 27.7 Å². The van der Waals surface area contributed by atoms with Crippen LogP contribution in [0.15, 0.2) is 0 Å². The fourth-order valence-electron chi connectivity index (χ4n) is 1.64. The van der Waals surface area contributed by atoms with Crippen molar-refractivity contribution in [2.75, 3.05) is 26.2 Å². The molecule has 0 bridgehead atoms. The van der Waals surface area contributed by atoms with Crippen LogP contribution in [0.1, 0.15) is 40.5 Å². The lowest BCUT2D eigenvalue weighted by molar-refractivity contribution is -0.923. The molecule has 6 heteroatoms. The number of carboxylic acid groups (broad SMARTS) is 1. The van der Waals surface area contributed by atoms with Crippen molar-refractivity contribution in [1.29, 1.82) is 0 Å². The average molecular weight is 271 g/mol. The quantitative estimate of drug-likeness (QED) is 0.693. The summed E-state index contributed by atoms with van der Waals surface area (Å²) in [4.78, 5) is 8.78. The van der Waals surface area contributed by atoms with Crippen LogP contribution in [-0.4, -0.2) is 42.8 Å². The van der Waals surface area contributed by atoms with E-state index in [1.165, 1.54) is 43.5 Å². The zero-order valence-electron chi connectivity index (χ0n) is 11.6. The Morgan fingerprint density at radius 2 is 1.39 bits per heavy atom. The SMILES string of the molecule is CCCC[N+](CC)(CC)CC.O=C([O-])C(F)(F)F. The number of quaternary nitrogens is 1. The zero-order chi connectivity index (χ0) is 14.8. The number of carbonyl (C=O) groups is 1. The Labute approximate surface area is 107 Å². The summed E-state index contributed by atoms with van der Waals surface area (Å²) in [5, 5.41) is 8.78. The van der Waals surface area contributed by atoms with Crippen LogP contribution in [0, 0.1) is 0 Å². The molecule has 3 nitrogen and oxygen atoms in total. The van der Waals surface area contributed by atoms with Gasteiger partial charge >= 0.3 is 6.18 Å². The van der Waals surface area contributed by atoms with Gasteiger partial charge in [-0.2, -0.15) is 13.2 Å². The zero-order valence-corrected chi connectivity index (χ0v) is 11.6. The molecule has 0 atom stereocenters. The van der Waals surface area contributed by atoms with Crippen molar-refractivity contribution in [3.8, 4) is 0 Å². The molecule has 0 heterocycles. The highest BCUT2D eigenvalue weighted by Crippen LogP contribution is 2.11. The van der Waals surface area contributed by atoms with Crippen molar-refractivity contribution in [2.24, 2.45) is 0 Å². The molecule has 0 aromatic rings. The van der Waals surface area contributed by atoms with Crippen LogP contribution in [0.3, 0.4) is 0 Å². The number of hydrogen-bond donors (Lipinski definition) is 0. The number of aliphatic carboxylic acids is 1. The van der Waals surface area contributed by atoms with Crippen LogP contribution in [-0.2, 0) is 4.79 Å². The van der Waals surface area contributed by atoms with Gasteiger partial charge in [-0.3, -0.25) is 0 Å². The first-order valence-corrected chi connectivity index (χ1v) is 6.32. The molecule has 0 aromatic carbocycles. The number of alkyl halides is 3. The summed E-state index contributed by atoms with van der Waals surface area (Å²) in [6, 6.07) is 0. The van der Waals surface area contributed by atoms with Gasteiger partial charge in [0.15, 0.2) is 0 Å². The van der Waals surface area contributed by atoms with Crippen LogP contribution in [0.2, 0.25) is 0 Å². The first-order valence-electron chi connectivity index (χ1n) is 6.32. The molecule has 110 valence electrons. The Hall–Kier alpha value is -0.780. The third kappa shape index (κ3) is 8.33. The minimum Gasteiger partial charge on any atom is -0.542 e. The molecule has 0 spiro atoms. The number of nitrogens with zero attached hydrogens (tertiary/aromatic N) is 1. The molecule has 18 heavy (non-hydrogen) atoms. The van der Waals surface area contributed by atoms with E-state index in [4.69, 9.17) is 9.90 Å². The number of unbranched alkanes of at least 4 members (excludes halogenated alkanes) is 1. The molecule has 0 aliphatic carbocycles. The third-order valence-electron chi connectivity index (χ3n) is 3.23. The van der Waals surface area contributed by atoms with Gasteiger partial charge in [-0.15, -0.1) is 0 Å². The topological polar surface area (TPSA) is 40.1 Å². The smallest absolute Gasteiger partial charge is 0.430 e. The van der Waals surface area contributed by atoms with Crippen molar-refractivity contribution in [1.82, 2.24) is 0 Å². The first kappa shape index (κ1) is 19.6. The minimum absolute atomic E-state index is 1.30. The summed E-state index contributed by atoms with van der Waals surface area (Å²) in [7, 11) is 0. The summed E-state index contributed by atoms with van der Waals surface area (Å²) >= 11 is 0. The highest BCUT2D eigenvalue weighted by molar-refractivity contribution is 5.70. The van der Waals surface area contributed by atoms with Gasteiger partial charge in [0.05, 0.1) is 26.2 Å². The highest BCUT2D eigenvalue weighted by atomic mass is 19.4. The van der Waals surface area contributed by atoms with E-state index in [9.17, 15) is 13.2 Å². The maximum Gasteiger partial charge on any atom is 0.430 e. The van der Waals surface area contributed by atoms with Gasteiger partial charge < -0.3 is 14.4 Å². The lowest BCUT2D eigenvalue weighted by atomic mass is 10.2. The monoisotopic (exact) mass is 271 g/mol. The predicted octanol–water partition coefficient (Wildman–Crippen LogP) is 1.96. The van der Waals surface area contributed by atoms with Gasteiger partial charge in [0, 0.05) is 0 Å². The summed E-state index contributed by atoms with van der Waals surface area (Å²) in [6.07, 6.45) is -2.48. The largest absolute Gasteiger partial charge is 0.542 e. The predicted molar refractivity (Wildman–Crippen MR) is 62.7 cm³/mol. The Morgan fingerprint density at radius 1 is 1.06 bits per heavy atom. The summed E-state index contributed by atoms with van der Waals surface area (Å²) < 4.78 is 32.9. The molecular weight excluding hydrogens is 247 g/mol. The maximum atomic E-state index is 10.5. The number of halogens is 3. The molecule has 0 unspecified atom stereocenters. The number of hydrogen-bond acceptors (Lipinski definition) is 2. The molecule has 0 aromatic heterocycles. The maximum absolute atomic E-state index is 10.5. The number of carbonyl (C=O) groups excluding carboxylic acids is 1. The van der Waals surface area contributed by atoms with Crippen molar-refractivity contribution in [3.05, 3.63) is 0 Å². The van der Waals surface area contributed by atoms with Gasteiger partial charge in [0.25, 0.3) is 0 Å². The molecular formula is C12H24F3NO2. The molecule has 0 radical (unpaired) electrons. The number of carboxylic acids is 1. The van der Waals surface area contributed by atoms with Gasteiger partial charge in [0.2, 0.25) is 0 Å². The van der Waals surface area contributed by atoms with E-state index in [0.29, 0.717) is 0 Å². The fraction of sp³-hybridized carbons (Fsp3) is 0.917. The summed E-state index contributed by atoms with van der Waals surface area (Å²) in [5.41, 5.74) is 0. The Kier molecular flexibility index (Phi) is 9.99. The second-order valence-corrected chi connectivity index (χ2v) is 4.15. The second-order valence-electron chi connectivity index (χ2n) is 4.15. The molecule has 0 amide bonds. The van der Waals surface area contributed by atoms with Crippen LogP contribution in [0.25, 0.3) is 0 Å². The van der Waals surface area contributed by atoms with E-state index in [1.807, 2.05) is 0 Å². The third-order valence-corrected chi connectivity index (χ3v) is 3.23. The highest BCUT2D eigenvalue weighted by Gasteiger charge is 2.28. The van der Waals surface area contributed by atoms with E-state index in [0.717, 1.165) is 0 Å². The Bertz CT molecular complexity index is 218. The standard InChI is InChI=1S/C10H24N.C2HF3O2/c1-5-9-10-11(6-2,7-3)8-4;3-2(4,5)1(6)7/h5-10H2,1-4H3;(H,6,7)/q+1;/p-1. The molecule has 0 saturated carbocycles. The summed E-state index contributed by atoms with van der Waals surface area (Å²) in [5.74, 6) is -3.01. The van der Waals surface area contributed by atoms with E-state index in [-0.39, 0.29) is 0 Å². The second kappa shape index (κ2) is 9.19. The van der Waals surface area contributed by atoms with Crippen LogP contribution in [0.5, 0.6) is 0 Å². The van der Waals surface area contributed by atoms with E-state index >= 15 is 0 Å². The minimum atomic E-state index is -5.19. The van der Waals surface area contributed by atoms with Crippen LogP contribution >= 0.6 is 0 Å². The Balaban J connectivity index is 0. The van der Waals surface area contributed by atoms with E-state index in [1.54, 1.807) is 0 Å².